The number of methoxy groups -OCH3 is 1. The first kappa shape index (κ1) is 21.9. The lowest BCUT2D eigenvalue weighted by atomic mass is 9.79. The third-order valence-electron chi connectivity index (χ3n) is 4.52. The Kier molecular flexibility index (Phi) is 9.43. The lowest BCUT2D eigenvalue weighted by Crippen LogP contribution is -2.47. The van der Waals surface area contributed by atoms with Gasteiger partial charge in [-0.2, -0.15) is 0 Å². The molecule has 7 heteroatoms. The van der Waals surface area contributed by atoms with Crippen LogP contribution < -0.4 is 10.6 Å². The van der Waals surface area contributed by atoms with Gasteiger partial charge in [-0.25, -0.2) is 0 Å². The zero-order chi connectivity index (χ0) is 17.4. The van der Waals surface area contributed by atoms with Gasteiger partial charge in [0.05, 0.1) is 6.61 Å². The molecule has 0 unspecified atom stereocenters. The van der Waals surface area contributed by atoms with E-state index < -0.39 is 0 Å². The maximum Gasteiger partial charge on any atom is 0.220 e. The van der Waals surface area contributed by atoms with E-state index in [4.69, 9.17) is 16.3 Å². The van der Waals surface area contributed by atoms with E-state index in [0.29, 0.717) is 23.7 Å². The zero-order valence-corrected chi connectivity index (χ0v) is 16.0. The second-order valence-corrected chi connectivity index (χ2v) is 6.83. The van der Waals surface area contributed by atoms with Gasteiger partial charge in [-0.3, -0.25) is 9.59 Å². The molecule has 1 amide bonds. The van der Waals surface area contributed by atoms with Crippen LogP contribution in [0.25, 0.3) is 0 Å². The summed E-state index contributed by atoms with van der Waals surface area (Å²) < 4.78 is 5.34. The first-order valence-corrected chi connectivity index (χ1v) is 8.68. The number of hydrogen-bond donors (Lipinski definition) is 2. The largest absolute Gasteiger partial charge is 0.384 e. The lowest BCUT2D eigenvalue weighted by Gasteiger charge is -2.37. The lowest BCUT2D eigenvalue weighted by molar-refractivity contribution is -0.122. The first-order valence-electron chi connectivity index (χ1n) is 8.30. The van der Waals surface area contributed by atoms with Crippen LogP contribution in [-0.4, -0.2) is 45.0 Å². The summed E-state index contributed by atoms with van der Waals surface area (Å²) in [5.74, 6) is -0.137. The maximum atomic E-state index is 12.1. The van der Waals surface area contributed by atoms with Gasteiger partial charge in [-0.1, -0.05) is 11.6 Å². The zero-order valence-electron chi connectivity index (χ0n) is 14.5. The van der Waals surface area contributed by atoms with Gasteiger partial charge in [0.2, 0.25) is 5.91 Å². The van der Waals surface area contributed by atoms with E-state index in [-0.39, 0.29) is 42.4 Å². The molecule has 0 saturated carbocycles. The molecule has 0 radical (unpaired) electrons. The van der Waals surface area contributed by atoms with Gasteiger partial charge >= 0.3 is 0 Å². The minimum atomic E-state index is -0.0914. The maximum absolute atomic E-state index is 12.1. The van der Waals surface area contributed by atoms with Crippen molar-refractivity contribution in [2.24, 2.45) is 5.41 Å². The van der Waals surface area contributed by atoms with E-state index in [9.17, 15) is 9.59 Å². The Morgan fingerprint density at radius 1 is 1.20 bits per heavy atom. The van der Waals surface area contributed by atoms with Gasteiger partial charge < -0.3 is 15.4 Å². The predicted molar refractivity (Wildman–Crippen MR) is 102 cm³/mol. The molecular formula is C18H26Cl2N2O3. The normalized spacial score (nSPS) is 15.9. The SMILES string of the molecule is COCC1(CNC(=O)CCC(=O)c2ccc(Cl)cc2)CCNCC1.Cl. The van der Waals surface area contributed by atoms with Crippen LogP contribution in [0, 0.1) is 5.41 Å². The topological polar surface area (TPSA) is 67.4 Å². The van der Waals surface area contributed by atoms with Crippen LogP contribution in [0.15, 0.2) is 24.3 Å². The molecule has 0 spiro atoms. The minimum Gasteiger partial charge on any atom is -0.384 e. The van der Waals surface area contributed by atoms with Crippen LogP contribution in [0.5, 0.6) is 0 Å². The molecule has 0 aromatic heterocycles. The fraction of sp³-hybridized carbons (Fsp3) is 0.556. The molecular weight excluding hydrogens is 363 g/mol. The fourth-order valence-corrected chi connectivity index (χ4v) is 3.14. The third-order valence-corrected chi connectivity index (χ3v) is 4.77. The Morgan fingerprint density at radius 3 is 2.44 bits per heavy atom. The molecule has 2 N–H and O–H groups in total. The van der Waals surface area contributed by atoms with Crippen molar-refractivity contribution in [3.05, 3.63) is 34.9 Å². The average molecular weight is 389 g/mol. The van der Waals surface area contributed by atoms with E-state index in [2.05, 4.69) is 10.6 Å². The van der Waals surface area contributed by atoms with Gasteiger partial charge in [0.25, 0.3) is 0 Å². The van der Waals surface area contributed by atoms with E-state index in [1.54, 1.807) is 31.4 Å². The van der Waals surface area contributed by atoms with Gasteiger partial charge in [-0.15, -0.1) is 12.4 Å². The van der Waals surface area contributed by atoms with Crippen LogP contribution in [0.3, 0.4) is 0 Å². The molecule has 1 fully saturated rings. The highest BCUT2D eigenvalue weighted by atomic mass is 35.5. The highest BCUT2D eigenvalue weighted by Crippen LogP contribution is 2.28. The fourth-order valence-electron chi connectivity index (χ4n) is 3.02. The van der Waals surface area contributed by atoms with Gasteiger partial charge in [-0.05, 0) is 50.2 Å². The van der Waals surface area contributed by atoms with Crippen molar-refractivity contribution < 1.29 is 14.3 Å². The Bertz CT molecular complexity index is 552. The van der Waals surface area contributed by atoms with Gasteiger partial charge in [0.1, 0.15) is 0 Å². The highest BCUT2D eigenvalue weighted by Gasteiger charge is 2.32. The van der Waals surface area contributed by atoms with Crippen molar-refractivity contribution in [2.45, 2.75) is 25.7 Å². The van der Waals surface area contributed by atoms with Crippen molar-refractivity contribution in [2.75, 3.05) is 33.4 Å². The summed E-state index contributed by atoms with van der Waals surface area (Å²) in [6.45, 7) is 3.11. The molecule has 0 aliphatic carbocycles. The number of benzene rings is 1. The smallest absolute Gasteiger partial charge is 0.220 e. The van der Waals surface area contributed by atoms with Crippen molar-refractivity contribution in [1.82, 2.24) is 10.6 Å². The first-order chi connectivity index (χ1) is 11.5. The number of carbonyl (C=O) groups is 2. The Labute approximate surface area is 160 Å². The second-order valence-electron chi connectivity index (χ2n) is 6.39. The number of carbonyl (C=O) groups excluding carboxylic acids is 2. The van der Waals surface area contributed by atoms with E-state index in [0.717, 1.165) is 25.9 Å². The molecule has 1 aliphatic rings. The third kappa shape index (κ3) is 6.94. The molecule has 5 nitrogen and oxygen atoms in total. The number of hydrogen-bond acceptors (Lipinski definition) is 4. The number of halogens is 2. The van der Waals surface area contributed by atoms with Crippen molar-refractivity contribution in [3.63, 3.8) is 0 Å². The van der Waals surface area contributed by atoms with Crippen molar-refractivity contribution in [3.8, 4) is 0 Å². The summed E-state index contributed by atoms with van der Waals surface area (Å²) in [5.41, 5.74) is 0.581. The van der Waals surface area contributed by atoms with Crippen LogP contribution >= 0.6 is 24.0 Å². The van der Waals surface area contributed by atoms with Crippen LogP contribution in [0.1, 0.15) is 36.0 Å². The Hall–Kier alpha value is -1.14. The number of ether oxygens (including phenoxy) is 1. The van der Waals surface area contributed by atoms with Crippen LogP contribution in [0.2, 0.25) is 5.02 Å². The number of nitrogens with one attached hydrogen (secondary N) is 2. The number of ketones is 1. The van der Waals surface area contributed by atoms with Gasteiger partial charge in [0, 0.05) is 42.5 Å². The summed E-state index contributed by atoms with van der Waals surface area (Å²) in [5, 5.41) is 6.89. The summed E-state index contributed by atoms with van der Waals surface area (Å²) in [6.07, 6.45) is 2.35. The molecule has 1 saturated heterocycles. The van der Waals surface area contributed by atoms with Crippen LogP contribution in [0.4, 0.5) is 0 Å². The molecule has 1 aromatic rings. The molecule has 140 valence electrons. The number of rotatable bonds is 8. The van der Waals surface area contributed by atoms with Crippen molar-refractivity contribution in [1.29, 1.82) is 0 Å². The van der Waals surface area contributed by atoms with Gasteiger partial charge in [0.15, 0.2) is 5.78 Å². The van der Waals surface area contributed by atoms with E-state index >= 15 is 0 Å². The summed E-state index contributed by atoms with van der Waals surface area (Å²) >= 11 is 5.81. The summed E-state index contributed by atoms with van der Waals surface area (Å²) in [6, 6.07) is 6.73. The Balaban J connectivity index is 0.00000312. The minimum absolute atomic E-state index is 0. The summed E-state index contributed by atoms with van der Waals surface area (Å²) in [4.78, 5) is 24.2. The standard InChI is InChI=1S/C18H25ClN2O3.ClH/c1-24-13-18(8-10-20-11-9-18)12-21-17(23)7-6-16(22)14-2-4-15(19)5-3-14;/h2-5,20H,6-13H2,1H3,(H,21,23);1H. The number of piperidine rings is 1. The molecule has 1 heterocycles. The highest BCUT2D eigenvalue weighted by molar-refractivity contribution is 6.30. The molecule has 1 aromatic carbocycles. The van der Waals surface area contributed by atoms with E-state index in [1.807, 2.05) is 0 Å². The summed E-state index contributed by atoms with van der Waals surface area (Å²) in [7, 11) is 1.69. The average Bonchev–Trinajstić information content (AvgIpc) is 2.60. The molecule has 0 bridgehead atoms. The second kappa shape index (κ2) is 10.8. The molecule has 25 heavy (non-hydrogen) atoms. The quantitative estimate of drug-likeness (QED) is 0.671. The number of Topliss-reactive ketones (excluding diaryl/α,β-unsaturated/α-hetero) is 1. The molecule has 2 rings (SSSR count). The number of amides is 1. The Morgan fingerprint density at radius 2 is 1.84 bits per heavy atom. The van der Waals surface area contributed by atoms with Crippen LogP contribution in [-0.2, 0) is 9.53 Å². The monoisotopic (exact) mass is 388 g/mol. The van der Waals surface area contributed by atoms with Crippen molar-refractivity contribution >= 4 is 35.7 Å². The molecule has 1 aliphatic heterocycles. The predicted octanol–water partition coefficient (Wildman–Crippen LogP) is 2.86. The molecule has 0 atom stereocenters. The van der Waals surface area contributed by atoms with E-state index in [1.165, 1.54) is 0 Å².